The highest BCUT2D eigenvalue weighted by Gasteiger charge is 2.35. The van der Waals surface area contributed by atoms with Crippen LogP contribution in [0.4, 0.5) is 0 Å². The van der Waals surface area contributed by atoms with Crippen molar-refractivity contribution in [1.82, 2.24) is 4.90 Å². The van der Waals surface area contributed by atoms with Gasteiger partial charge in [-0.15, -0.1) is 0 Å². The van der Waals surface area contributed by atoms with Crippen LogP contribution in [0, 0.1) is 0 Å². The zero-order chi connectivity index (χ0) is 13.1. The number of rotatable bonds is 7. The zero-order valence-corrected chi connectivity index (χ0v) is 13.5. The molecule has 1 aromatic rings. The average molecular weight is 382 g/mol. The van der Waals surface area contributed by atoms with Crippen molar-refractivity contribution in [1.29, 1.82) is 0 Å². The summed E-state index contributed by atoms with van der Waals surface area (Å²) in [6.07, 6.45) is 2.48. The second-order valence-corrected chi connectivity index (χ2v) is 6.06. The van der Waals surface area contributed by atoms with Crippen LogP contribution in [-0.4, -0.2) is 37.7 Å². The van der Waals surface area contributed by atoms with Crippen LogP contribution in [0.15, 0.2) is 19.6 Å². The molecule has 2 rings (SSSR count). The largest absolute Gasteiger partial charge is 0.451 e. The molecule has 0 amide bonds. The van der Waals surface area contributed by atoms with Crippen LogP contribution < -0.4 is 5.73 Å². The fourth-order valence-electron chi connectivity index (χ4n) is 2.14. The normalized spacial score (nSPS) is 17.4. The lowest BCUT2D eigenvalue weighted by Gasteiger charge is -2.29. The van der Waals surface area contributed by atoms with Crippen molar-refractivity contribution in [3.05, 3.63) is 21.0 Å². The summed E-state index contributed by atoms with van der Waals surface area (Å²) in [6, 6.07) is 2.73. The first kappa shape index (κ1) is 14.5. The molecule has 102 valence electrons. The summed E-state index contributed by atoms with van der Waals surface area (Å²) in [5, 5.41) is 0. The van der Waals surface area contributed by atoms with Crippen LogP contribution in [0.25, 0.3) is 0 Å². The highest BCUT2D eigenvalue weighted by atomic mass is 79.9. The van der Waals surface area contributed by atoms with E-state index in [1.54, 1.807) is 7.11 Å². The standard InChI is InChI=1S/C12H18Br2N2O2/c1-17-5-4-16(8-2-3-8)10(7-15)11-6-9(13)12(14)18-11/h6,8,10H,2-5,7,15H2,1H3. The first-order valence-electron chi connectivity index (χ1n) is 6.06. The Morgan fingerprint density at radius 3 is 2.72 bits per heavy atom. The maximum atomic E-state index is 5.93. The lowest BCUT2D eigenvalue weighted by atomic mass is 10.2. The Balaban J connectivity index is 2.13. The van der Waals surface area contributed by atoms with Gasteiger partial charge < -0.3 is 14.9 Å². The van der Waals surface area contributed by atoms with Crippen LogP contribution in [0.2, 0.25) is 0 Å². The topological polar surface area (TPSA) is 51.6 Å². The molecule has 1 atom stereocenters. The van der Waals surface area contributed by atoms with E-state index in [0.717, 1.165) is 28.1 Å². The lowest BCUT2D eigenvalue weighted by molar-refractivity contribution is 0.106. The molecular weight excluding hydrogens is 364 g/mol. The van der Waals surface area contributed by atoms with E-state index >= 15 is 0 Å². The molecule has 4 nitrogen and oxygen atoms in total. The fraction of sp³-hybridized carbons (Fsp3) is 0.667. The molecule has 1 saturated carbocycles. The molecule has 0 aromatic carbocycles. The molecule has 1 heterocycles. The van der Waals surface area contributed by atoms with Gasteiger partial charge in [-0.05, 0) is 50.8 Å². The van der Waals surface area contributed by atoms with Crippen LogP contribution in [0.5, 0.6) is 0 Å². The summed E-state index contributed by atoms with van der Waals surface area (Å²) >= 11 is 6.81. The SMILES string of the molecule is COCCN(C1CC1)C(CN)c1cc(Br)c(Br)o1. The Hall–Kier alpha value is 0.120. The van der Waals surface area contributed by atoms with Crippen LogP contribution in [0.1, 0.15) is 24.6 Å². The molecule has 0 spiro atoms. The molecule has 0 bridgehead atoms. The molecule has 1 unspecified atom stereocenters. The van der Waals surface area contributed by atoms with E-state index in [1.165, 1.54) is 12.8 Å². The average Bonchev–Trinajstić information content (AvgIpc) is 3.13. The third kappa shape index (κ3) is 3.36. The van der Waals surface area contributed by atoms with Gasteiger partial charge in [-0.25, -0.2) is 0 Å². The smallest absolute Gasteiger partial charge is 0.183 e. The van der Waals surface area contributed by atoms with E-state index in [0.29, 0.717) is 12.6 Å². The first-order valence-corrected chi connectivity index (χ1v) is 7.65. The molecular formula is C12H18Br2N2O2. The highest BCUT2D eigenvalue weighted by Crippen LogP contribution is 2.37. The van der Waals surface area contributed by atoms with Gasteiger partial charge in [0.15, 0.2) is 4.67 Å². The predicted octanol–water partition coefficient (Wildman–Crippen LogP) is 2.92. The van der Waals surface area contributed by atoms with E-state index in [2.05, 4.69) is 36.8 Å². The molecule has 0 radical (unpaired) electrons. The maximum absolute atomic E-state index is 5.93. The van der Waals surface area contributed by atoms with Crippen molar-refractivity contribution in [2.45, 2.75) is 24.9 Å². The molecule has 18 heavy (non-hydrogen) atoms. The quantitative estimate of drug-likeness (QED) is 0.788. The first-order chi connectivity index (χ1) is 8.67. The third-order valence-corrected chi connectivity index (χ3v) is 4.90. The summed E-state index contributed by atoms with van der Waals surface area (Å²) in [5.41, 5.74) is 5.93. The summed E-state index contributed by atoms with van der Waals surface area (Å²) in [4.78, 5) is 2.39. The Morgan fingerprint density at radius 1 is 1.56 bits per heavy atom. The van der Waals surface area contributed by atoms with Gasteiger partial charge in [0.1, 0.15) is 5.76 Å². The monoisotopic (exact) mass is 380 g/mol. The second-order valence-electron chi connectivity index (χ2n) is 4.48. The van der Waals surface area contributed by atoms with Gasteiger partial charge in [0, 0.05) is 26.2 Å². The molecule has 6 heteroatoms. The molecule has 2 N–H and O–H groups in total. The molecule has 1 aliphatic carbocycles. The molecule has 1 aromatic heterocycles. The number of hydrogen-bond donors (Lipinski definition) is 1. The van der Waals surface area contributed by atoms with Crippen LogP contribution in [-0.2, 0) is 4.74 Å². The molecule has 1 fully saturated rings. The van der Waals surface area contributed by atoms with Gasteiger partial charge in [0.05, 0.1) is 17.1 Å². The van der Waals surface area contributed by atoms with Crippen molar-refractivity contribution in [2.24, 2.45) is 5.73 Å². The summed E-state index contributed by atoms with van der Waals surface area (Å²) < 4.78 is 12.5. The Morgan fingerprint density at radius 2 is 2.28 bits per heavy atom. The van der Waals surface area contributed by atoms with Crippen molar-refractivity contribution >= 4 is 31.9 Å². The lowest BCUT2D eigenvalue weighted by Crippen LogP contribution is -2.37. The second kappa shape index (κ2) is 6.52. The molecule has 1 aliphatic rings. The van der Waals surface area contributed by atoms with Gasteiger partial charge >= 0.3 is 0 Å². The van der Waals surface area contributed by atoms with Crippen LogP contribution >= 0.6 is 31.9 Å². The van der Waals surface area contributed by atoms with E-state index < -0.39 is 0 Å². The van der Waals surface area contributed by atoms with Crippen molar-refractivity contribution in [3.8, 4) is 0 Å². The van der Waals surface area contributed by atoms with E-state index in [1.807, 2.05) is 6.07 Å². The zero-order valence-electron chi connectivity index (χ0n) is 10.4. The van der Waals surface area contributed by atoms with Crippen molar-refractivity contribution in [3.63, 3.8) is 0 Å². The number of ether oxygens (including phenoxy) is 1. The molecule has 0 saturated heterocycles. The van der Waals surface area contributed by atoms with Gasteiger partial charge in [-0.3, -0.25) is 4.90 Å². The number of nitrogens with two attached hydrogens (primary N) is 1. The third-order valence-electron chi connectivity index (χ3n) is 3.19. The van der Waals surface area contributed by atoms with Gasteiger partial charge in [0.2, 0.25) is 0 Å². The van der Waals surface area contributed by atoms with Crippen LogP contribution in [0.3, 0.4) is 0 Å². The summed E-state index contributed by atoms with van der Waals surface area (Å²) in [5.74, 6) is 0.902. The highest BCUT2D eigenvalue weighted by molar-refractivity contribution is 9.13. The van der Waals surface area contributed by atoms with E-state index in [4.69, 9.17) is 14.9 Å². The van der Waals surface area contributed by atoms with Gasteiger partial charge in [0.25, 0.3) is 0 Å². The maximum Gasteiger partial charge on any atom is 0.183 e. The number of halogens is 2. The molecule has 0 aliphatic heterocycles. The Kier molecular flexibility index (Phi) is 5.26. The van der Waals surface area contributed by atoms with Gasteiger partial charge in [-0.2, -0.15) is 0 Å². The predicted molar refractivity (Wildman–Crippen MR) is 77.5 cm³/mol. The van der Waals surface area contributed by atoms with E-state index in [9.17, 15) is 0 Å². The number of hydrogen-bond acceptors (Lipinski definition) is 4. The van der Waals surface area contributed by atoms with Crippen molar-refractivity contribution < 1.29 is 9.15 Å². The minimum absolute atomic E-state index is 0.121. The minimum atomic E-state index is 0.121. The Labute approximate surface area is 124 Å². The van der Waals surface area contributed by atoms with Gasteiger partial charge in [-0.1, -0.05) is 0 Å². The minimum Gasteiger partial charge on any atom is -0.451 e. The summed E-state index contributed by atoms with van der Waals surface area (Å²) in [6.45, 7) is 2.15. The van der Waals surface area contributed by atoms with Crippen molar-refractivity contribution in [2.75, 3.05) is 26.8 Å². The number of nitrogens with zero attached hydrogens (tertiary/aromatic N) is 1. The van der Waals surface area contributed by atoms with E-state index in [-0.39, 0.29) is 6.04 Å². The fourth-order valence-corrected chi connectivity index (χ4v) is 2.75. The Bertz CT molecular complexity index is 374. The number of methoxy groups -OCH3 is 1. The number of furan rings is 1. The summed E-state index contributed by atoms with van der Waals surface area (Å²) in [7, 11) is 1.72.